The maximum Gasteiger partial charge on any atom is 0.335 e. The molecule has 0 fully saturated rings. The fourth-order valence-corrected chi connectivity index (χ4v) is 2.86. The molecule has 130 valence electrons. The first kappa shape index (κ1) is 16.9. The summed E-state index contributed by atoms with van der Waals surface area (Å²) in [6.07, 6.45) is 5.57. The third-order valence-electron chi connectivity index (χ3n) is 4.22. The highest BCUT2D eigenvalue weighted by molar-refractivity contribution is 5.87. The van der Waals surface area contributed by atoms with Gasteiger partial charge in [-0.15, -0.1) is 0 Å². The molecule has 0 radical (unpaired) electrons. The molecule has 0 aliphatic heterocycles. The molecule has 7 nitrogen and oxygen atoms in total. The van der Waals surface area contributed by atoms with E-state index in [1.54, 1.807) is 24.7 Å². The van der Waals surface area contributed by atoms with Crippen LogP contribution in [0.15, 0.2) is 36.8 Å². The highest BCUT2D eigenvalue weighted by Gasteiger charge is 2.25. The molecule has 0 saturated heterocycles. The lowest BCUT2D eigenvalue weighted by Gasteiger charge is -2.22. The minimum absolute atomic E-state index is 0.0133. The average molecular weight is 341 g/mol. The van der Waals surface area contributed by atoms with Gasteiger partial charge in [-0.25, -0.2) is 14.8 Å². The molecule has 1 amide bonds. The highest BCUT2D eigenvalue weighted by atomic mass is 16.5. The van der Waals surface area contributed by atoms with Crippen molar-refractivity contribution in [3.05, 3.63) is 53.6 Å². The monoisotopic (exact) mass is 341 g/mol. The van der Waals surface area contributed by atoms with Crippen LogP contribution in [-0.4, -0.2) is 40.1 Å². The summed E-state index contributed by atoms with van der Waals surface area (Å²) in [7, 11) is 0. The van der Waals surface area contributed by atoms with Crippen LogP contribution in [0.5, 0.6) is 5.75 Å². The maximum atomic E-state index is 12.3. The number of carboxylic acids is 1. The smallest absolute Gasteiger partial charge is 0.335 e. The van der Waals surface area contributed by atoms with E-state index < -0.39 is 5.97 Å². The van der Waals surface area contributed by atoms with Crippen molar-refractivity contribution in [2.45, 2.75) is 19.3 Å². The lowest BCUT2D eigenvalue weighted by atomic mass is 9.87. The molecule has 1 heterocycles. The number of hydrogen-bond acceptors (Lipinski definition) is 5. The molecule has 1 aromatic heterocycles. The Bertz CT molecular complexity index is 761. The van der Waals surface area contributed by atoms with Crippen LogP contribution in [0.3, 0.4) is 0 Å². The number of fused-ring (bicyclic) bond motifs is 1. The van der Waals surface area contributed by atoms with Gasteiger partial charge in [-0.3, -0.25) is 4.79 Å². The first-order valence-electron chi connectivity index (χ1n) is 8.15. The molecule has 1 unspecified atom stereocenters. The number of carbonyl (C=O) groups is 2. The first-order valence-corrected chi connectivity index (χ1v) is 8.15. The number of amides is 1. The Kier molecular flexibility index (Phi) is 5.23. The van der Waals surface area contributed by atoms with E-state index in [0.717, 1.165) is 24.1 Å². The molecule has 25 heavy (non-hydrogen) atoms. The molecule has 0 bridgehead atoms. The van der Waals surface area contributed by atoms with E-state index in [4.69, 9.17) is 9.84 Å². The Hall–Kier alpha value is -2.96. The van der Waals surface area contributed by atoms with E-state index in [-0.39, 0.29) is 17.4 Å². The number of nitrogens with one attached hydrogen (secondary N) is 1. The summed E-state index contributed by atoms with van der Waals surface area (Å²) in [5.41, 5.74) is 2.29. The van der Waals surface area contributed by atoms with Crippen LogP contribution in [0.4, 0.5) is 0 Å². The van der Waals surface area contributed by atoms with Crippen molar-refractivity contribution in [1.82, 2.24) is 15.3 Å². The second-order valence-corrected chi connectivity index (χ2v) is 5.90. The molecule has 1 atom stereocenters. The molecule has 0 spiro atoms. The second kappa shape index (κ2) is 7.74. The predicted molar refractivity (Wildman–Crippen MR) is 89.5 cm³/mol. The first-order chi connectivity index (χ1) is 12.1. The summed E-state index contributed by atoms with van der Waals surface area (Å²) in [6.45, 7) is 0.721. The molecule has 0 saturated carbocycles. The Morgan fingerprint density at radius 3 is 2.84 bits per heavy atom. The van der Waals surface area contributed by atoms with Crippen LogP contribution >= 0.6 is 0 Å². The van der Waals surface area contributed by atoms with E-state index >= 15 is 0 Å². The SMILES string of the molecule is O=C(O)c1ccc(OCCNC(=O)C2CCc3ncncc3C2)cc1. The van der Waals surface area contributed by atoms with E-state index in [0.29, 0.717) is 25.3 Å². The van der Waals surface area contributed by atoms with Crippen LogP contribution in [0.25, 0.3) is 0 Å². The van der Waals surface area contributed by atoms with Gasteiger partial charge >= 0.3 is 5.97 Å². The van der Waals surface area contributed by atoms with Crippen molar-refractivity contribution in [3.8, 4) is 5.75 Å². The number of aromatic carboxylic acids is 1. The highest BCUT2D eigenvalue weighted by Crippen LogP contribution is 2.23. The largest absolute Gasteiger partial charge is 0.492 e. The molecular weight excluding hydrogens is 322 g/mol. The van der Waals surface area contributed by atoms with E-state index in [1.807, 2.05) is 0 Å². The minimum Gasteiger partial charge on any atom is -0.492 e. The van der Waals surface area contributed by atoms with Crippen molar-refractivity contribution >= 4 is 11.9 Å². The van der Waals surface area contributed by atoms with Gasteiger partial charge < -0.3 is 15.2 Å². The Balaban J connectivity index is 1.42. The quantitative estimate of drug-likeness (QED) is 0.772. The predicted octanol–water partition coefficient (Wildman–Crippen LogP) is 1.47. The summed E-state index contributed by atoms with van der Waals surface area (Å²) in [6, 6.07) is 6.17. The fraction of sp³-hybridized carbons (Fsp3) is 0.333. The van der Waals surface area contributed by atoms with Crippen molar-refractivity contribution in [3.63, 3.8) is 0 Å². The number of ether oxygens (including phenoxy) is 1. The summed E-state index contributed by atoms with van der Waals surface area (Å²) in [5, 5.41) is 11.7. The van der Waals surface area contributed by atoms with Crippen LogP contribution < -0.4 is 10.1 Å². The zero-order valence-electron chi connectivity index (χ0n) is 13.6. The fourth-order valence-electron chi connectivity index (χ4n) is 2.86. The number of carboxylic acid groups (broad SMARTS) is 1. The second-order valence-electron chi connectivity index (χ2n) is 5.90. The molecule has 1 aliphatic carbocycles. The Labute approximate surface area is 145 Å². The number of nitrogens with zero attached hydrogens (tertiary/aromatic N) is 2. The van der Waals surface area contributed by atoms with Gasteiger partial charge in [0.15, 0.2) is 0 Å². The van der Waals surface area contributed by atoms with E-state index in [1.165, 1.54) is 12.1 Å². The Morgan fingerprint density at radius 2 is 2.08 bits per heavy atom. The van der Waals surface area contributed by atoms with Crippen LogP contribution in [0.1, 0.15) is 28.0 Å². The third kappa shape index (κ3) is 4.32. The van der Waals surface area contributed by atoms with Gasteiger partial charge in [0.1, 0.15) is 18.7 Å². The molecule has 2 aromatic rings. The molecular formula is C18H19N3O4. The minimum atomic E-state index is -0.974. The molecule has 2 N–H and O–H groups in total. The van der Waals surface area contributed by atoms with Crippen molar-refractivity contribution in [2.24, 2.45) is 5.92 Å². The molecule has 3 rings (SSSR count). The van der Waals surface area contributed by atoms with Gasteiger partial charge in [0.2, 0.25) is 5.91 Å². The lowest BCUT2D eigenvalue weighted by Crippen LogP contribution is -2.36. The molecule has 7 heteroatoms. The standard InChI is InChI=1S/C18H19N3O4/c22-17(13-3-6-16-14(9-13)10-19-11-21-16)20-7-8-25-15-4-1-12(2-5-15)18(23)24/h1-2,4-5,10-11,13H,3,6-9H2,(H,20,22)(H,23,24). The lowest BCUT2D eigenvalue weighted by molar-refractivity contribution is -0.125. The Morgan fingerprint density at radius 1 is 1.28 bits per heavy atom. The van der Waals surface area contributed by atoms with Gasteiger partial charge in [-0.05, 0) is 49.1 Å². The number of rotatable bonds is 6. The summed E-state index contributed by atoms with van der Waals surface area (Å²) >= 11 is 0. The van der Waals surface area contributed by atoms with Crippen LogP contribution in [0.2, 0.25) is 0 Å². The van der Waals surface area contributed by atoms with Crippen LogP contribution in [0, 0.1) is 5.92 Å². The topological polar surface area (TPSA) is 101 Å². The van der Waals surface area contributed by atoms with Gasteiger partial charge in [0.25, 0.3) is 0 Å². The number of hydrogen-bond donors (Lipinski definition) is 2. The van der Waals surface area contributed by atoms with E-state index in [2.05, 4.69) is 15.3 Å². The molecule has 1 aromatic carbocycles. The average Bonchev–Trinajstić information content (AvgIpc) is 2.65. The number of aryl methyl sites for hydroxylation is 1. The zero-order chi connectivity index (χ0) is 17.6. The van der Waals surface area contributed by atoms with Crippen LogP contribution in [-0.2, 0) is 17.6 Å². The summed E-state index contributed by atoms with van der Waals surface area (Å²) in [4.78, 5) is 31.3. The van der Waals surface area contributed by atoms with Gasteiger partial charge in [-0.1, -0.05) is 0 Å². The van der Waals surface area contributed by atoms with Crippen molar-refractivity contribution in [2.75, 3.05) is 13.2 Å². The van der Waals surface area contributed by atoms with Crippen molar-refractivity contribution < 1.29 is 19.4 Å². The molecule has 1 aliphatic rings. The van der Waals surface area contributed by atoms with E-state index in [9.17, 15) is 9.59 Å². The summed E-state index contributed by atoms with van der Waals surface area (Å²) < 4.78 is 5.51. The summed E-state index contributed by atoms with van der Waals surface area (Å²) in [5.74, 6) is -0.450. The van der Waals surface area contributed by atoms with Crippen molar-refractivity contribution in [1.29, 1.82) is 0 Å². The number of carbonyl (C=O) groups excluding carboxylic acids is 1. The normalized spacial score (nSPS) is 15.9. The number of aromatic nitrogens is 2. The van der Waals surface area contributed by atoms with Gasteiger partial charge in [0.05, 0.1) is 12.1 Å². The third-order valence-corrected chi connectivity index (χ3v) is 4.22. The van der Waals surface area contributed by atoms with Gasteiger partial charge in [0, 0.05) is 17.8 Å². The van der Waals surface area contributed by atoms with Gasteiger partial charge in [-0.2, -0.15) is 0 Å². The maximum absolute atomic E-state index is 12.3. The zero-order valence-corrected chi connectivity index (χ0v) is 13.6. The number of benzene rings is 1.